The lowest BCUT2D eigenvalue weighted by atomic mass is 10.4. The third-order valence-corrected chi connectivity index (χ3v) is 3.84. The fourth-order valence-electron chi connectivity index (χ4n) is 1.76. The van der Waals surface area contributed by atoms with Crippen molar-refractivity contribution >= 4 is 11.3 Å². The van der Waals surface area contributed by atoms with Crippen LogP contribution in [0.4, 0.5) is 0 Å². The van der Waals surface area contributed by atoms with E-state index in [1.165, 1.54) is 29.1 Å². The van der Waals surface area contributed by atoms with Crippen molar-refractivity contribution in [1.82, 2.24) is 4.90 Å². The minimum atomic E-state index is 0.681. The van der Waals surface area contributed by atoms with Crippen molar-refractivity contribution < 1.29 is 0 Å². The minimum Gasteiger partial charge on any atom is -0.326 e. The highest BCUT2D eigenvalue weighted by atomic mass is 32.1. The van der Waals surface area contributed by atoms with E-state index < -0.39 is 0 Å². The van der Waals surface area contributed by atoms with Gasteiger partial charge in [0, 0.05) is 28.9 Å². The summed E-state index contributed by atoms with van der Waals surface area (Å²) in [5, 5.41) is 0. The van der Waals surface area contributed by atoms with E-state index in [4.69, 9.17) is 5.73 Å². The number of nitrogens with two attached hydrogens (primary N) is 1. The smallest absolute Gasteiger partial charge is 0.0330 e. The second-order valence-electron chi connectivity index (χ2n) is 3.87. The summed E-state index contributed by atoms with van der Waals surface area (Å²) in [6.07, 6.45) is 2.78. The molecule has 0 radical (unpaired) electrons. The Morgan fingerprint density at radius 3 is 2.64 bits per heavy atom. The maximum atomic E-state index is 5.60. The molecule has 1 aromatic rings. The highest BCUT2D eigenvalue weighted by molar-refractivity contribution is 7.11. The molecular formula is C11H18N2S. The molecule has 0 saturated heterocycles. The Kier molecular flexibility index (Phi) is 3.21. The Morgan fingerprint density at radius 1 is 1.43 bits per heavy atom. The van der Waals surface area contributed by atoms with E-state index in [0.29, 0.717) is 6.54 Å². The summed E-state index contributed by atoms with van der Waals surface area (Å²) in [6.45, 7) is 5.21. The standard InChI is InChI=1S/C11H18N2S/c1-2-13(9-3-4-9)8-11-6-5-10(7-12)14-11/h5-6,9H,2-4,7-8,12H2,1H3. The summed E-state index contributed by atoms with van der Waals surface area (Å²) in [6, 6.07) is 5.24. The molecule has 78 valence electrons. The zero-order valence-electron chi connectivity index (χ0n) is 8.70. The van der Waals surface area contributed by atoms with E-state index in [1.54, 1.807) is 0 Å². The molecule has 2 N–H and O–H groups in total. The molecule has 2 rings (SSSR count). The summed E-state index contributed by atoms with van der Waals surface area (Å²) in [5.74, 6) is 0. The summed E-state index contributed by atoms with van der Waals surface area (Å²) in [5.41, 5.74) is 5.60. The molecule has 0 bridgehead atoms. The molecule has 0 aliphatic heterocycles. The monoisotopic (exact) mass is 210 g/mol. The van der Waals surface area contributed by atoms with Crippen molar-refractivity contribution in [3.05, 3.63) is 21.9 Å². The molecule has 0 aromatic carbocycles. The molecule has 1 heterocycles. The Bertz CT molecular complexity index is 291. The lowest BCUT2D eigenvalue weighted by molar-refractivity contribution is 0.272. The summed E-state index contributed by atoms with van der Waals surface area (Å²) >= 11 is 1.86. The average Bonchev–Trinajstić information content (AvgIpc) is 2.95. The molecule has 1 aromatic heterocycles. The first-order valence-corrected chi connectivity index (χ1v) is 6.17. The van der Waals surface area contributed by atoms with E-state index in [9.17, 15) is 0 Å². The first-order valence-electron chi connectivity index (χ1n) is 5.35. The van der Waals surface area contributed by atoms with E-state index in [0.717, 1.165) is 12.6 Å². The molecular weight excluding hydrogens is 192 g/mol. The van der Waals surface area contributed by atoms with Gasteiger partial charge in [0.05, 0.1) is 0 Å². The fraction of sp³-hybridized carbons (Fsp3) is 0.636. The van der Waals surface area contributed by atoms with Crippen LogP contribution in [-0.2, 0) is 13.1 Å². The fourth-order valence-corrected chi connectivity index (χ4v) is 2.68. The number of thiophene rings is 1. The Balaban J connectivity index is 1.94. The van der Waals surface area contributed by atoms with E-state index >= 15 is 0 Å². The third kappa shape index (κ3) is 2.35. The van der Waals surface area contributed by atoms with Crippen molar-refractivity contribution in [2.75, 3.05) is 6.54 Å². The number of nitrogens with zero attached hydrogens (tertiary/aromatic N) is 1. The van der Waals surface area contributed by atoms with Crippen LogP contribution in [0.25, 0.3) is 0 Å². The SMILES string of the molecule is CCN(Cc1ccc(CN)s1)C1CC1. The summed E-state index contributed by atoms with van der Waals surface area (Å²) in [7, 11) is 0. The van der Waals surface area contributed by atoms with Crippen molar-refractivity contribution in [1.29, 1.82) is 0 Å². The lowest BCUT2D eigenvalue weighted by Gasteiger charge is -2.18. The van der Waals surface area contributed by atoms with Crippen LogP contribution in [0.3, 0.4) is 0 Å². The molecule has 0 atom stereocenters. The van der Waals surface area contributed by atoms with Crippen LogP contribution in [0.15, 0.2) is 12.1 Å². The van der Waals surface area contributed by atoms with Crippen molar-refractivity contribution in [3.8, 4) is 0 Å². The van der Waals surface area contributed by atoms with E-state index in [-0.39, 0.29) is 0 Å². The maximum Gasteiger partial charge on any atom is 0.0330 e. The van der Waals surface area contributed by atoms with Gasteiger partial charge in [0.2, 0.25) is 0 Å². The van der Waals surface area contributed by atoms with Gasteiger partial charge in [0.1, 0.15) is 0 Å². The molecule has 1 aliphatic rings. The van der Waals surface area contributed by atoms with E-state index in [2.05, 4.69) is 24.0 Å². The van der Waals surface area contributed by atoms with E-state index in [1.807, 2.05) is 11.3 Å². The zero-order valence-corrected chi connectivity index (χ0v) is 9.52. The highest BCUT2D eigenvalue weighted by Crippen LogP contribution is 2.29. The second-order valence-corrected chi connectivity index (χ2v) is 5.12. The Morgan fingerprint density at radius 2 is 2.14 bits per heavy atom. The van der Waals surface area contributed by atoms with Crippen molar-refractivity contribution in [3.63, 3.8) is 0 Å². The first-order chi connectivity index (χ1) is 6.83. The molecule has 1 saturated carbocycles. The number of hydrogen-bond donors (Lipinski definition) is 1. The maximum absolute atomic E-state index is 5.60. The van der Waals surface area contributed by atoms with Gasteiger partial charge in [0.25, 0.3) is 0 Å². The molecule has 0 amide bonds. The zero-order chi connectivity index (χ0) is 9.97. The Labute approximate surface area is 89.7 Å². The quantitative estimate of drug-likeness (QED) is 0.807. The van der Waals surface area contributed by atoms with Crippen LogP contribution in [-0.4, -0.2) is 17.5 Å². The highest BCUT2D eigenvalue weighted by Gasteiger charge is 2.27. The van der Waals surface area contributed by atoms with Crippen LogP contribution < -0.4 is 5.73 Å². The second kappa shape index (κ2) is 4.43. The van der Waals surface area contributed by atoms with Gasteiger partial charge in [-0.15, -0.1) is 11.3 Å². The van der Waals surface area contributed by atoms with Crippen LogP contribution in [0, 0.1) is 0 Å². The third-order valence-electron chi connectivity index (χ3n) is 2.75. The van der Waals surface area contributed by atoms with Gasteiger partial charge in [-0.2, -0.15) is 0 Å². The normalized spacial score (nSPS) is 16.5. The van der Waals surface area contributed by atoms with Gasteiger partial charge >= 0.3 is 0 Å². The molecule has 0 spiro atoms. The molecule has 0 unspecified atom stereocenters. The predicted octanol–water partition coefficient (Wildman–Crippen LogP) is 2.19. The van der Waals surface area contributed by atoms with Crippen LogP contribution in [0.2, 0.25) is 0 Å². The molecule has 3 heteroatoms. The minimum absolute atomic E-state index is 0.681. The van der Waals surface area contributed by atoms with Gasteiger partial charge in [0.15, 0.2) is 0 Å². The number of hydrogen-bond acceptors (Lipinski definition) is 3. The Hall–Kier alpha value is -0.380. The van der Waals surface area contributed by atoms with Crippen molar-refractivity contribution in [2.45, 2.75) is 38.9 Å². The lowest BCUT2D eigenvalue weighted by Crippen LogP contribution is -2.24. The average molecular weight is 210 g/mol. The van der Waals surface area contributed by atoms with Gasteiger partial charge in [-0.25, -0.2) is 0 Å². The van der Waals surface area contributed by atoms with Crippen LogP contribution in [0.5, 0.6) is 0 Å². The van der Waals surface area contributed by atoms with Crippen LogP contribution in [0.1, 0.15) is 29.5 Å². The molecule has 14 heavy (non-hydrogen) atoms. The summed E-state index contributed by atoms with van der Waals surface area (Å²) < 4.78 is 0. The first kappa shape index (κ1) is 10.1. The van der Waals surface area contributed by atoms with Gasteiger partial charge in [-0.3, -0.25) is 4.90 Å². The number of rotatable bonds is 5. The molecule has 2 nitrogen and oxygen atoms in total. The topological polar surface area (TPSA) is 29.3 Å². The van der Waals surface area contributed by atoms with Crippen molar-refractivity contribution in [2.24, 2.45) is 5.73 Å². The van der Waals surface area contributed by atoms with Gasteiger partial charge in [-0.05, 0) is 31.5 Å². The summed E-state index contributed by atoms with van der Waals surface area (Å²) in [4.78, 5) is 5.32. The van der Waals surface area contributed by atoms with Gasteiger partial charge < -0.3 is 5.73 Å². The van der Waals surface area contributed by atoms with Crippen LogP contribution >= 0.6 is 11.3 Å². The largest absolute Gasteiger partial charge is 0.326 e. The predicted molar refractivity (Wildman–Crippen MR) is 61.3 cm³/mol. The molecule has 1 aliphatic carbocycles. The van der Waals surface area contributed by atoms with Gasteiger partial charge in [-0.1, -0.05) is 6.92 Å². The molecule has 1 fully saturated rings.